The van der Waals surface area contributed by atoms with Crippen molar-refractivity contribution >= 4 is 5.91 Å². The fourth-order valence-corrected chi connectivity index (χ4v) is 4.48. The topological polar surface area (TPSA) is 57.4 Å². The molecule has 0 spiro atoms. The molecule has 1 aromatic heterocycles. The number of likely N-dealkylation sites (N-methyl/N-ethyl adjacent to an activating group) is 1. The second-order valence-electron chi connectivity index (χ2n) is 8.99. The average molecular weight is 408 g/mol. The highest BCUT2D eigenvalue weighted by Crippen LogP contribution is 2.29. The van der Waals surface area contributed by atoms with Gasteiger partial charge in [0.05, 0.1) is 18.2 Å². The number of carbonyl (C=O) groups is 1. The number of carbonyl (C=O) groups excluding carboxylic acids is 1. The molecular formula is C25H33N3O2. The van der Waals surface area contributed by atoms with Gasteiger partial charge in [-0.1, -0.05) is 30.3 Å². The molecule has 1 amide bonds. The Hall–Kier alpha value is -2.53. The van der Waals surface area contributed by atoms with E-state index in [1.165, 1.54) is 11.3 Å². The number of aromatic amines is 1. The number of ether oxygens (including phenoxy) is 1. The molecule has 1 atom stereocenters. The first-order chi connectivity index (χ1) is 14.4. The van der Waals surface area contributed by atoms with E-state index in [-0.39, 0.29) is 17.6 Å². The predicted octanol–water partition coefficient (Wildman–Crippen LogP) is 4.55. The fraction of sp³-hybridized carbons (Fsp3) is 0.480. The lowest BCUT2D eigenvalue weighted by molar-refractivity contribution is -0.0406. The van der Waals surface area contributed by atoms with Crippen molar-refractivity contribution in [3.63, 3.8) is 0 Å². The smallest absolute Gasteiger partial charge is 0.270 e. The number of aromatic nitrogens is 1. The average Bonchev–Trinajstić information content (AvgIpc) is 3.16. The number of allylic oxidation sites excluding steroid dienone is 1. The van der Waals surface area contributed by atoms with Crippen molar-refractivity contribution in [2.75, 3.05) is 6.54 Å². The number of hydrogen-bond donors (Lipinski definition) is 2. The highest BCUT2D eigenvalue weighted by molar-refractivity contribution is 5.93. The summed E-state index contributed by atoms with van der Waals surface area (Å²) < 4.78 is 5.90. The van der Waals surface area contributed by atoms with Crippen LogP contribution >= 0.6 is 0 Å². The number of nitrogens with one attached hydrogen (secondary N) is 2. The SMILES string of the molecule is CCN(C(=O)c1cc2c([nH]1)CC(C)(C)OC2)[C@@H]1C=C(NCc2ccccc2)CCC1. The molecule has 30 heavy (non-hydrogen) atoms. The quantitative estimate of drug-likeness (QED) is 0.738. The van der Waals surface area contributed by atoms with E-state index in [4.69, 9.17) is 4.74 Å². The number of fused-ring (bicyclic) bond motifs is 1. The van der Waals surface area contributed by atoms with Gasteiger partial charge in [0.15, 0.2) is 0 Å². The molecule has 0 bridgehead atoms. The summed E-state index contributed by atoms with van der Waals surface area (Å²) in [5.41, 5.74) is 5.25. The molecule has 0 fully saturated rings. The van der Waals surface area contributed by atoms with Gasteiger partial charge in [0.1, 0.15) is 5.69 Å². The van der Waals surface area contributed by atoms with Crippen LogP contribution in [0.5, 0.6) is 0 Å². The molecule has 1 aliphatic carbocycles. The van der Waals surface area contributed by atoms with Gasteiger partial charge in [-0.3, -0.25) is 4.79 Å². The van der Waals surface area contributed by atoms with Gasteiger partial charge in [0.2, 0.25) is 0 Å². The molecule has 2 aliphatic rings. The van der Waals surface area contributed by atoms with Gasteiger partial charge in [0.25, 0.3) is 5.91 Å². The Balaban J connectivity index is 1.46. The van der Waals surface area contributed by atoms with Crippen molar-refractivity contribution in [3.05, 3.63) is 70.7 Å². The third kappa shape index (κ3) is 4.62. The van der Waals surface area contributed by atoms with Crippen molar-refractivity contribution in [1.29, 1.82) is 0 Å². The Morgan fingerprint density at radius 1 is 1.30 bits per heavy atom. The number of rotatable bonds is 6. The Morgan fingerprint density at radius 2 is 2.10 bits per heavy atom. The summed E-state index contributed by atoms with van der Waals surface area (Å²) in [6.07, 6.45) is 6.19. The first-order valence-electron chi connectivity index (χ1n) is 11.1. The van der Waals surface area contributed by atoms with Crippen molar-refractivity contribution in [2.45, 2.75) is 71.2 Å². The number of nitrogens with zero attached hydrogens (tertiary/aromatic N) is 1. The minimum atomic E-state index is -0.186. The van der Waals surface area contributed by atoms with E-state index in [0.29, 0.717) is 18.8 Å². The molecule has 5 nitrogen and oxygen atoms in total. The van der Waals surface area contributed by atoms with Crippen LogP contribution in [-0.2, 0) is 24.3 Å². The second kappa shape index (κ2) is 8.68. The third-order valence-corrected chi connectivity index (χ3v) is 6.15. The van der Waals surface area contributed by atoms with Crippen molar-refractivity contribution in [2.24, 2.45) is 0 Å². The van der Waals surface area contributed by atoms with E-state index in [9.17, 15) is 4.79 Å². The Kier molecular flexibility index (Phi) is 6.00. The van der Waals surface area contributed by atoms with Crippen molar-refractivity contribution in [1.82, 2.24) is 15.2 Å². The summed E-state index contributed by atoms with van der Waals surface area (Å²) in [6, 6.07) is 12.5. The monoisotopic (exact) mass is 407 g/mol. The third-order valence-electron chi connectivity index (χ3n) is 6.15. The lowest BCUT2D eigenvalue weighted by Gasteiger charge is -2.32. The van der Waals surface area contributed by atoms with Crippen molar-refractivity contribution in [3.8, 4) is 0 Å². The van der Waals surface area contributed by atoms with Gasteiger partial charge < -0.3 is 19.9 Å². The lowest BCUT2D eigenvalue weighted by atomic mass is 9.97. The molecule has 4 rings (SSSR count). The van der Waals surface area contributed by atoms with E-state index in [1.54, 1.807) is 0 Å². The van der Waals surface area contributed by atoms with Gasteiger partial charge in [-0.05, 0) is 63.3 Å². The van der Waals surface area contributed by atoms with Gasteiger partial charge in [-0.2, -0.15) is 0 Å². The lowest BCUT2D eigenvalue weighted by Crippen LogP contribution is -2.41. The largest absolute Gasteiger partial charge is 0.384 e. The summed E-state index contributed by atoms with van der Waals surface area (Å²) in [5.74, 6) is 0.0789. The minimum Gasteiger partial charge on any atom is -0.384 e. The van der Waals surface area contributed by atoms with E-state index < -0.39 is 0 Å². The predicted molar refractivity (Wildman–Crippen MR) is 119 cm³/mol. The molecular weight excluding hydrogens is 374 g/mol. The second-order valence-corrected chi connectivity index (χ2v) is 8.99. The summed E-state index contributed by atoms with van der Waals surface area (Å²) >= 11 is 0. The van der Waals surface area contributed by atoms with Gasteiger partial charge in [-0.25, -0.2) is 0 Å². The van der Waals surface area contributed by atoms with Crippen LogP contribution in [-0.4, -0.2) is 34.0 Å². The molecule has 2 aromatic rings. The number of hydrogen-bond acceptors (Lipinski definition) is 3. The molecule has 160 valence electrons. The molecule has 0 saturated carbocycles. The molecule has 2 heterocycles. The fourth-order valence-electron chi connectivity index (χ4n) is 4.48. The van der Waals surface area contributed by atoms with Crippen molar-refractivity contribution < 1.29 is 9.53 Å². The highest BCUT2D eigenvalue weighted by Gasteiger charge is 2.31. The Labute approximate surface area is 179 Å². The Morgan fingerprint density at radius 3 is 2.87 bits per heavy atom. The molecule has 5 heteroatoms. The van der Waals surface area contributed by atoms with E-state index >= 15 is 0 Å². The van der Waals surface area contributed by atoms with E-state index in [0.717, 1.165) is 43.5 Å². The molecule has 1 aromatic carbocycles. The first-order valence-corrected chi connectivity index (χ1v) is 11.1. The minimum absolute atomic E-state index is 0.0789. The number of H-pyrrole nitrogens is 1. The maximum absolute atomic E-state index is 13.3. The van der Waals surface area contributed by atoms with E-state index in [2.05, 4.69) is 61.4 Å². The standard InChI is InChI=1S/C25H33N3O2/c1-4-28(24(29)22-13-19-17-30-25(2,3)15-23(19)27-22)21-12-8-11-20(14-21)26-16-18-9-6-5-7-10-18/h5-7,9-10,13-14,21,26-27H,4,8,11-12,15-17H2,1-3H3/t21-/m0/s1. The van der Waals surface area contributed by atoms with Crippen LogP contribution in [0.2, 0.25) is 0 Å². The van der Waals surface area contributed by atoms with Crippen LogP contribution in [0.25, 0.3) is 0 Å². The molecule has 1 aliphatic heterocycles. The molecule has 0 unspecified atom stereocenters. The summed E-state index contributed by atoms with van der Waals surface area (Å²) in [4.78, 5) is 18.7. The normalized spacial score (nSPS) is 20.2. The molecule has 2 N–H and O–H groups in total. The maximum Gasteiger partial charge on any atom is 0.270 e. The number of amides is 1. The summed E-state index contributed by atoms with van der Waals surface area (Å²) in [5, 5.41) is 3.57. The van der Waals surface area contributed by atoms with E-state index in [1.807, 2.05) is 17.0 Å². The van der Waals surface area contributed by atoms with Crippen LogP contribution in [0, 0.1) is 0 Å². The first kappa shape index (κ1) is 20.7. The van der Waals surface area contributed by atoms with Gasteiger partial charge >= 0.3 is 0 Å². The zero-order valence-electron chi connectivity index (χ0n) is 18.3. The molecule has 0 saturated heterocycles. The molecule has 0 radical (unpaired) electrons. The zero-order chi connectivity index (χ0) is 21.1. The zero-order valence-corrected chi connectivity index (χ0v) is 18.3. The maximum atomic E-state index is 13.3. The van der Waals surface area contributed by atoms with Crippen LogP contribution in [0.1, 0.15) is 67.3 Å². The Bertz CT molecular complexity index is 914. The summed E-state index contributed by atoms with van der Waals surface area (Å²) in [7, 11) is 0. The van der Waals surface area contributed by atoms with Crippen LogP contribution in [0.3, 0.4) is 0 Å². The van der Waals surface area contributed by atoms with Crippen LogP contribution < -0.4 is 5.32 Å². The van der Waals surface area contributed by atoms with Crippen LogP contribution in [0.4, 0.5) is 0 Å². The van der Waals surface area contributed by atoms with Gasteiger partial charge in [0, 0.05) is 30.9 Å². The van der Waals surface area contributed by atoms with Crippen LogP contribution in [0.15, 0.2) is 48.2 Å². The van der Waals surface area contributed by atoms with Gasteiger partial charge in [-0.15, -0.1) is 0 Å². The summed E-state index contributed by atoms with van der Waals surface area (Å²) in [6.45, 7) is 8.32. The highest BCUT2D eigenvalue weighted by atomic mass is 16.5. The number of benzene rings is 1.